The van der Waals surface area contributed by atoms with Crippen LogP contribution in [0.4, 0.5) is 0 Å². The van der Waals surface area contributed by atoms with Crippen molar-refractivity contribution in [1.29, 1.82) is 0 Å². The Morgan fingerprint density at radius 3 is 2.88 bits per heavy atom. The maximum atomic E-state index is 12.4. The number of pyridine rings is 1. The number of nitrogens with zero attached hydrogens (tertiary/aromatic N) is 1. The van der Waals surface area contributed by atoms with Gasteiger partial charge in [-0.1, -0.05) is 6.07 Å². The topological polar surface area (TPSA) is 78.9 Å². The van der Waals surface area contributed by atoms with E-state index in [9.17, 15) is 4.79 Å². The van der Waals surface area contributed by atoms with Gasteiger partial charge in [0.15, 0.2) is 11.5 Å². The summed E-state index contributed by atoms with van der Waals surface area (Å²) in [5.74, 6) is 1.73. The molecule has 0 spiro atoms. The Labute approximate surface area is 139 Å². The highest BCUT2D eigenvalue weighted by Gasteiger charge is 2.21. The van der Waals surface area contributed by atoms with E-state index in [0.29, 0.717) is 48.5 Å². The van der Waals surface area contributed by atoms with Gasteiger partial charge < -0.3 is 24.3 Å². The van der Waals surface area contributed by atoms with Crippen LogP contribution in [0.15, 0.2) is 30.5 Å². The zero-order valence-electron chi connectivity index (χ0n) is 13.5. The molecule has 24 heavy (non-hydrogen) atoms. The standard InChI is InChI=1S/C17H18N2O5/c1-21-13-8-12(9-14-15(13)24-7-6-23-14)16(20)19-10-11-4-3-5-18-17(11)22-2/h3-5,8-9H,6-7,10H2,1-2H3,(H,19,20). The molecule has 7 nitrogen and oxygen atoms in total. The van der Waals surface area contributed by atoms with Crippen LogP contribution in [0.5, 0.6) is 23.1 Å². The Bertz CT molecular complexity index is 731. The van der Waals surface area contributed by atoms with Gasteiger partial charge in [-0.15, -0.1) is 0 Å². The number of benzene rings is 1. The highest BCUT2D eigenvalue weighted by Crippen LogP contribution is 2.40. The van der Waals surface area contributed by atoms with Crippen LogP contribution >= 0.6 is 0 Å². The molecule has 0 atom stereocenters. The maximum absolute atomic E-state index is 12.4. The van der Waals surface area contributed by atoms with Crippen molar-refractivity contribution in [3.05, 3.63) is 41.6 Å². The van der Waals surface area contributed by atoms with Gasteiger partial charge in [0.1, 0.15) is 13.2 Å². The first kappa shape index (κ1) is 15.9. The molecule has 1 N–H and O–H groups in total. The molecular weight excluding hydrogens is 312 g/mol. The van der Waals surface area contributed by atoms with E-state index in [4.69, 9.17) is 18.9 Å². The van der Waals surface area contributed by atoms with Crippen LogP contribution in [0.25, 0.3) is 0 Å². The lowest BCUT2D eigenvalue weighted by atomic mass is 10.1. The van der Waals surface area contributed by atoms with Crippen LogP contribution < -0.4 is 24.3 Å². The van der Waals surface area contributed by atoms with Gasteiger partial charge in [0.05, 0.1) is 14.2 Å². The van der Waals surface area contributed by atoms with Crippen LogP contribution in [0.1, 0.15) is 15.9 Å². The summed E-state index contributed by atoms with van der Waals surface area (Å²) in [5.41, 5.74) is 1.22. The lowest BCUT2D eigenvalue weighted by Gasteiger charge is -2.21. The molecule has 0 unspecified atom stereocenters. The summed E-state index contributed by atoms with van der Waals surface area (Å²) in [6, 6.07) is 6.91. The van der Waals surface area contributed by atoms with Gasteiger partial charge in [0.2, 0.25) is 11.6 Å². The molecule has 1 aliphatic rings. The molecule has 1 aromatic heterocycles. The molecule has 3 rings (SSSR count). The summed E-state index contributed by atoms with van der Waals surface area (Å²) in [6.45, 7) is 1.19. The Morgan fingerprint density at radius 1 is 1.25 bits per heavy atom. The highest BCUT2D eigenvalue weighted by atomic mass is 16.6. The molecule has 7 heteroatoms. The van der Waals surface area contributed by atoms with Gasteiger partial charge in [-0.25, -0.2) is 4.98 Å². The van der Waals surface area contributed by atoms with Gasteiger partial charge in [-0.3, -0.25) is 4.79 Å². The summed E-state index contributed by atoms with van der Waals surface area (Å²) >= 11 is 0. The monoisotopic (exact) mass is 330 g/mol. The number of nitrogens with one attached hydrogen (secondary N) is 1. The Kier molecular flexibility index (Phi) is 4.69. The van der Waals surface area contributed by atoms with E-state index in [0.717, 1.165) is 5.56 Å². The number of aromatic nitrogens is 1. The smallest absolute Gasteiger partial charge is 0.251 e. The molecule has 0 saturated carbocycles. The van der Waals surface area contributed by atoms with Crippen molar-refractivity contribution < 1.29 is 23.7 Å². The van der Waals surface area contributed by atoms with Crippen molar-refractivity contribution in [2.45, 2.75) is 6.54 Å². The number of fused-ring (bicyclic) bond motifs is 1. The average molecular weight is 330 g/mol. The van der Waals surface area contributed by atoms with Crippen LogP contribution in [0.2, 0.25) is 0 Å². The normalized spacial score (nSPS) is 12.4. The van der Waals surface area contributed by atoms with E-state index in [2.05, 4.69) is 10.3 Å². The van der Waals surface area contributed by atoms with Crippen LogP contribution in [0, 0.1) is 0 Å². The lowest BCUT2D eigenvalue weighted by molar-refractivity contribution is 0.0948. The molecule has 1 amide bonds. The molecule has 0 saturated heterocycles. The number of methoxy groups -OCH3 is 2. The fourth-order valence-electron chi connectivity index (χ4n) is 2.42. The third kappa shape index (κ3) is 3.19. The zero-order chi connectivity index (χ0) is 16.9. The van der Waals surface area contributed by atoms with E-state index < -0.39 is 0 Å². The summed E-state index contributed by atoms with van der Waals surface area (Å²) in [4.78, 5) is 16.6. The summed E-state index contributed by atoms with van der Waals surface area (Å²) < 4.78 is 21.5. The molecule has 0 aliphatic carbocycles. The molecule has 2 heterocycles. The third-order valence-electron chi connectivity index (χ3n) is 3.57. The molecule has 1 aliphatic heterocycles. The first-order valence-electron chi connectivity index (χ1n) is 7.46. The van der Waals surface area contributed by atoms with E-state index in [1.165, 1.54) is 7.11 Å². The van der Waals surface area contributed by atoms with Crippen molar-refractivity contribution in [2.75, 3.05) is 27.4 Å². The van der Waals surface area contributed by atoms with Crippen LogP contribution in [-0.2, 0) is 6.54 Å². The minimum Gasteiger partial charge on any atom is -0.493 e. The second-order valence-corrected chi connectivity index (χ2v) is 5.06. The van der Waals surface area contributed by atoms with E-state index in [1.54, 1.807) is 31.5 Å². The first-order valence-corrected chi connectivity index (χ1v) is 7.46. The minimum absolute atomic E-state index is 0.254. The number of hydrogen-bond donors (Lipinski definition) is 1. The minimum atomic E-state index is -0.254. The fourth-order valence-corrected chi connectivity index (χ4v) is 2.42. The number of ether oxygens (including phenoxy) is 4. The van der Waals surface area contributed by atoms with Gasteiger partial charge in [-0.05, 0) is 18.2 Å². The zero-order valence-corrected chi connectivity index (χ0v) is 13.5. The SMILES string of the molecule is COc1cc(C(=O)NCc2cccnc2OC)cc2c1OCCO2. The van der Waals surface area contributed by atoms with Crippen molar-refractivity contribution in [2.24, 2.45) is 0 Å². The summed E-state index contributed by atoms with van der Waals surface area (Å²) in [5, 5.41) is 2.84. The molecule has 0 fully saturated rings. The third-order valence-corrected chi connectivity index (χ3v) is 3.57. The molecular formula is C17H18N2O5. The molecule has 0 radical (unpaired) electrons. The Balaban J connectivity index is 1.77. The van der Waals surface area contributed by atoms with Crippen LogP contribution in [-0.4, -0.2) is 38.3 Å². The van der Waals surface area contributed by atoms with Crippen molar-refractivity contribution in [3.8, 4) is 23.1 Å². The van der Waals surface area contributed by atoms with Crippen LogP contribution in [0.3, 0.4) is 0 Å². The number of rotatable bonds is 5. The van der Waals surface area contributed by atoms with E-state index in [1.807, 2.05) is 6.07 Å². The largest absolute Gasteiger partial charge is 0.493 e. The number of amides is 1. The summed E-state index contributed by atoms with van der Waals surface area (Å²) in [6.07, 6.45) is 1.63. The molecule has 2 aromatic rings. The Morgan fingerprint density at radius 2 is 2.08 bits per heavy atom. The van der Waals surface area contributed by atoms with Gasteiger partial charge in [0, 0.05) is 23.9 Å². The van der Waals surface area contributed by atoms with Gasteiger partial charge in [0.25, 0.3) is 5.91 Å². The van der Waals surface area contributed by atoms with Crippen molar-refractivity contribution >= 4 is 5.91 Å². The Hall–Kier alpha value is -2.96. The average Bonchev–Trinajstić information content (AvgIpc) is 2.65. The predicted octanol–water partition coefficient (Wildman–Crippen LogP) is 1.80. The first-order chi connectivity index (χ1) is 11.7. The van der Waals surface area contributed by atoms with Gasteiger partial charge >= 0.3 is 0 Å². The number of hydrogen-bond acceptors (Lipinski definition) is 6. The maximum Gasteiger partial charge on any atom is 0.251 e. The van der Waals surface area contributed by atoms with E-state index in [-0.39, 0.29) is 5.91 Å². The predicted molar refractivity (Wildman–Crippen MR) is 85.9 cm³/mol. The lowest BCUT2D eigenvalue weighted by Crippen LogP contribution is -2.24. The van der Waals surface area contributed by atoms with E-state index >= 15 is 0 Å². The second kappa shape index (κ2) is 7.08. The second-order valence-electron chi connectivity index (χ2n) is 5.06. The highest BCUT2D eigenvalue weighted by molar-refractivity contribution is 5.95. The fraction of sp³-hybridized carbons (Fsp3) is 0.294. The number of carbonyl (C=O) groups excluding carboxylic acids is 1. The molecule has 126 valence electrons. The van der Waals surface area contributed by atoms with Crippen molar-refractivity contribution in [1.82, 2.24) is 10.3 Å². The van der Waals surface area contributed by atoms with Gasteiger partial charge in [-0.2, -0.15) is 0 Å². The quantitative estimate of drug-likeness (QED) is 0.900. The number of carbonyl (C=O) groups is 1. The summed E-state index contributed by atoms with van der Waals surface area (Å²) in [7, 11) is 3.06. The molecule has 1 aromatic carbocycles. The van der Waals surface area contributed by atoms with Crippen molar-refractivity contribution in [3.63, 3.8) is 0 Å². The molecule has 0 bridgehead atoms.